The Hall–Kier alpha value is -1.56. The van der Waals surface area contributed by atoms with Crippen molar-refractivity contribution >= 4 is 0 Å². The average Bonchev–Trinajstić information content (AvgIpc) is 2.70. The van der Waals surface area contributed by atoms with Crippen LogP contribution in [0, 0.1) is 5.92 Å². The van der Waals surface area contributed by atoms with Crippen LogP contribution in [0.1, 0.15) is 119 Å². The van der Waals surface area contributed by atoms with E-state index in [0.717, 1.165) is 25.2 Å². The van der Waals surface area contributed by atoms with Crippen molar-refractivity contribution in [2.45, 2.75) is 119 Å². The molecule has 0 bridgehead atoms. The van der Waals surface area contributed by atoms with Crippen molar-refractivity contribution in [1.29, 1.82) is 0 Å². The zero-order chi connectivity index (χ0) is 23.5. The van der Waals surface area contributed by atoms with Crippen LogP contribution < -0.4 is 0 Å². The van der Waals surface area contributed by atoms with Gasteiger partial charge in [-0.25, -0.2) is 0 Å². The Balaban J connectivity index is 4.04. The standard InChI is InChI=1S/C31H52/c1-9-27(4)19-13-21-31(8)25-15-23-29(6)18-11-10-17-28(5)22-14-24-30(7)20-12-16-26(2)3/h9,17-19,24-26H,1,10-16,20-23H2,2-8H3/b27-19+,28-17+,29-18+,30-24+,31-25-. The minimum absolute atomic E-state index is 0.829. The predicted octanol–water partition coefficient (Wildman–Crippen LogP) is 10.9. The second kappa shape index (κ2) is 19.1. The van der Waals surface area contributed by atoms with E-state index in [2.05, 4.69) is 85.4 Å². The van der Waals surface area contributed by atoms with Crippen LogP contribution in [-0.4, -0.2) is 0 Å². The molecule has 0 atom stereocenters. The minimum atomic E-state index is 0.829. The van der Waals surface area contributed by atoms with E-state index >= 15 is 0 Å². The van der Waals surface area contributed by atoms with Crippen molar-refractivity contribution < 1.29 is 0 Å². The SMILES string of the molecule is C=C/C(C)=C/CC/C(C)=C\CC/C(C)=C/CC/C=C(\C)CC/C=C(\C)CCCC(C)C. The summed E-state index contributed by atoms with van der Waals surface area (Å²) < 4.78 is 0. The van der Waals surface area contributed by atoms with Gasteiger partial charge in [0.15, 0.2) is 0 Å². The van der Waals surface area contributed by atoms with Gasteiger partial charge in [0.2, 0.25) is 0 Å². The van der Waals surface area contributed by atoms with Gasteiger partial charge in [0.1, 0.15) is 0 Å². The maximum Gasteiger partial charge on any atom is -0.0288 e. The second-order valence-electron chi connectivity index (χ2n) is 9.83. The summed E-state index contributed by atoms with van der Waals surface area (Å²) in [7, 11) is 0. The van der Waals surface area contributed by atoms with Crippen LogP contribution in [0.2, 0.25) is 0 Å². The van der Waals surface area contributed by atoms with E-state index in [-0.39, 0.29) is 0 Å². The normalized spacial score (nSPS) is 14.5. The fourth-order valence-corrected chi connectivity index (χ4v) is 3.56. The fourth-order valence-electron chi connectivity index (χ4n) is 3.56. The van der Waals surface area contributed by atoms with Crippen LogP contribution >= 0.6 is 0 Å². The third-order valence-corrected chi connectivity index (χ3v) is 5.89. The lowest BCUT2D eigenvalue weighted by molar-refractivity contribution is 0.554. The van der Waals surface area contributed by atoms with Gasteiger partial charge < -0.3 is 0 Å². The largest absolute Gasteiger partial charge is 0.0988 e. The lowest BCUT2D eigenvalue weighted by Crippen LogP contribution is -1.87. The van der Waals surface area contributed by atoms with Crippen LogP contribution in [-0.2, 0) is 0 Å². The summed E-state index contributed by atoms with van der Waals surface area (Å²) in [5.41, 5.74) is 7.41. The van der Waals surface area contributed by atoms with Gasteiger partial charge in [0.05, 0.1) is 0 Å². The smallest absolute Gasteiger partial charge is 0.0288 e. The third-order valence-electron chi connectivity index (χ3n) is 5.89. The molecule has 0 aliphatic heterocycles. The zero-order valence-corrected chi connectivity index (χ0v) is 22.0. The topological polar surface area (TPSA) is 0 Å². The summed E-state index contributed by atoms with van der Waals surface area (Å²) in [5.74, 6) is 0.829. The monoisotopic (exact) mass is 424 g/mol. The molecule has 0 aliphatic rings. The molecule has 0 amide bonds. The quantitative estimate of drug-likeness (QED) is 0.124. The molecule has 0 aromatic rings. The molecule has 31 heavy (non-hydrogen) atoms. The van der Waals surface area contributed by atoms with Crippen LogP contribution in [0.5, 0.6) is 0 Å². The van der Waals surface area contributed by atoms with Crippen LogP contribution in [0.25, 0.3) is 0 Å². The van der Waals surface area contributed by atoms with Crippen molar-refractivity contribution in [3.63, 3.8) is 0 Å². The fraction of sp³-hybridized carbons (Fsp3) is 0.613. The maximum absolute atomic E-state index is 3.80. The third kappa shape index (κ3) is 20.1. The lowest BCUT2D eigenvalue weighted by atomic mass is 10.0. The molecular weight excluding hydrogens is 372 g/mol. The Morgan fingerprint density at radius 1 is 0.581 bits per heavy atom. The summed E-state index contributed by atoms with van der Waals surface area (Å²) in [4.78, 5) is 0. The second-order valence-corrected chi connectivity index (χ2v) is 9.83. The van der Waals surface area contributed by atoms with Crippen LogP contribution in [0.3, 0.4) is 0 Å². The van der Waals surface area contributed by atoms with E-state index in [4.69, 9.17) is 0 Å². The Labute approximate surface area is 196 Å². The summed E-state index contributed by atoms with van der Waals surface area (Å²) in [5, 5.41) is 0. The molecule has 0 radical (unpaired) electrons. The Bertz CT molecular complexity index is 631. The molecule has 0 aromatic heterocycles. The van der Waals surface area contributed by atoms with Crippen molar-refractivity contribution in [2.24, 2.45) is 5.92 Å². The highest BCUT2D eigenvalue weighted by molar-refractivity contribution is 5.13. The summed E-state index contributed by atoms with van der Waals surface area (Å²) in [6.07, 6.45) is 27.3. The maximum atomic E-state index is 3.80. The molecule has 0 nitrogen and oxygen atoms in total. The Morgan fingerprint density at radius 3 is 1.39 bits per heavy atom. The van der Waals surface area contributed by atoms with Crippen molar-refractivity contribution in [2.75, 3.05) is 0 Å². The molecule has 176 valence electrons. The number of unbranched alkanes of at least 4 members (excludes halogenated alkanes) is 1. The molecule has 0 aromatic carbocycles. The molecule has 0 rings (SSSR count). The molecule has 0 N–H and O–H groups in total. The highest BCUT2D eigenvalue weighted by Gasteiger charge is 1.96. The number of rotatable bonds is 17. The molecule has 0 aliphatic carbocycles. The summed E-state index contributed by atoms with van der Waals surface area (Å²) in [6.45, 7) is 19.7. The lowest BCUT2D eigenvalue weighted by Gasteiger charge is -2.05. The summed E-state index contributed by atoms with van der Waals surface area (Å²) in [6, 6.07) is 0. The van der Waals surface area contributed by atoms with Gasteiger partial charge in [-0.3, -0.25) is 0 Å². The molecule has 0 heteroatoms. The van der Waals surface area contributed by atoms with Gasteiger partial charge in [0, 0.05) is 0 Å². The van der Waals surface area contributed by atoms with Crippen molar-refractivity contribution in [1.82, 2.24) is 0 Å². The first kappa shape index (κ1) is 29.4. The Morgan fingerprint density at radius 2 is 0.968 bits per heavy atom. The first-order valence-corrected chi connectivity index (χ1v) is 12.7. The van der Waals surface area contributed by atoms with Crippen LogP contribution in [0.4, 0.5) is 0 Å². The number of hydrogen-bond donors (Lipinski definition) is 0. The van der Waals surface area contributed by atoms with Crippen LogP contribution in [0.15, 0.2) is 70.9 Å². The first-order chi connectivity index (χ1) is 14.7. The number of allylic oxidation sites excluding steroid dienone is 11. The van der Waals surface area contributed by atoms with Gasteiger partial charge in [-0.1, -0.05) is 91.2 Å². The molecule has 0 heterocycles. The van der Waals surface area contributed by atoms with E-state index in [0.29, 0.717) is 0 Å². The van der Waals surface area contributed by atoms with E-state index in [9.17, 15) is 0 Å². The number of hydrogen-bond acceptors (Lipinski definition) is 0. The highest BCUT2D eigenvalue weighted by Crippen LogP contribution is 2.15. The van der Waals surface area contributed by atoms with Gasteiger partial charge in [-0.2, -0.15) is 0 Å². The van der Waals surface area contributed by atoms with Gasteiger partial charge in [0.25, 0.3) is 0 Å². The van der Waals surface area contributed by atoms with Gasteiger partial charge in [-0.15, -0.1) is 0 Å². The average molecular weight is 425 g/mol. The van der Waals surface area contributed by atoms with Crippen molar-refractivity contribution in [3.05, 3.63) is 70.9 Å². The molecule has 0 spiro atoms. The predicted molar refractivity (Wildman–Crippen MR) is 145 cm³/mol. The molecule has 0 fully saturated rings. The van der Waals surface area contributed by atoms with Crippen molar-refractivity contribution in [3.8, 4) is 0 Å². The zero-order valence-electron chi connectivity index (χ0n) is 22.0. The first-order valence-electron chi connectivity index (χ1n) is 12.7. The van der Waals surface area contributed by atoms with E-state index in [1.54, 1.807) is 5.57 Å². The summed E-state index contributed by atoms with van der Waals surface area (Å²) >= 11 is 0. The highest BCUT2D eigenvalue weighted by atomic mass is 14.0. The van der Waals surface area contributed by atoms with E-state index in [1.807, 2.05) is 6.08 Å². The molecule has 0 unspecified atom stereocenters. The van der Waals surface area contributed by atoms with Gasteiger partial charge >= 0.3 is 0 Å². The molecule has 0 saturated carbocycles. The molecule has 0 saturated heterocycles. The van der Waals surface area contributed by atoms with Gasteiger partial charge in [-0.05, 0) is 105 Å². The Kier molecular flexibility index (Phi) is 18.2. The van der Waals surface area contributed by atoms with E-state index in [1.165, 1.54) is 73.7 Å². The van der Waals surface area contributed by atoms with E-state index < -0.39 is 0 Å². The minimum Gasteiger partial charge on any atom is -0.0988 e. The molecular formula is C31H52.